The van der Waals surface area contributed by atoms with Crippen molar-refractivity contribution in [3.05, 3.63) is 0 Å². The summed E-state index contributed by atoms with van der Waals surface area (Å²) in [5.41, 5.74) is 0. The molecule has 0 saturated carbocycles. The molecule has 0 unspecified atom stereocenters. The molecular formula is C20H44BN. The van der Waals surface area contributed by atoms with Gasteiger partial charge in [-0.25, -0.2) is 0 Å². The van der Waals surface area contributed by atoms with Crippen LogP contribution in [0.5, 0.6) is 0 Å². The minimum absolute atomic E-state index is 0.867. The lowest BCUT2D eigenvalue weighted by molar-refractivity contribution is 0.395. The van der Waals surface area contributed by atoms with Gasteiger partial charge in [-0.05, 0) is 25.9 Å². The highest BCUT2D eigenvalue weighted by molar-refractivity contribution is 6.55. The molecule has 0 radical (unpaired) electrons. The molecule has 0 spiro atoms. The zero-order valence-corrected chi connectivity index (χ0v) is 16.3. The van der Waals surface area contributed by atoms with Gasteiger partial charge in [0.05, 0.1) is 0 Å². The molecule has 0 aromatic heterocycles. The SMILES string of the molecule is CCCCCB(CCCCC)N(CCCCC)CCCCC. The first-order chi connectivity index (χ1) is 10.8. The Labute approximate surface area is 142 Å². The number of nitrogens with zero attached hydrogens (tertiary/aromatic N) is 1. The normalized spacial score (nSPS) is 11.3. The van der Waals surface area contributed by atoms with E-state index in [1.54, 1.807) is 0 Å². The van der Waals surface area contributed by atoms with Crippen LogP contribution in [-0.4, -0.2) is 24.7 Å². The molecule has 0 amide bonds. The Morgan fingerprint density at radius 1 is 0.500 bits per heavy atom. The van der Waals surface area contributed by atoms with Crippen molar-refractivity contribution in [3.8, 4) is 0 Å². The Kier molecular flexibility index (Phi) is 17.4. The fourth-order valence-electron chi connectivity index (χ4n) is 3.38. The van der Waals surface area contributed by atoms with Crippen LogP contribution in [0.15, 0.2) is 0 Å². The molecule has 0 rings (SSSR count). The van der Waals surface area contributed by atoms with Crippen molar-refractivity contribution in [1.82, 2.24) is 4.81 Å². The highest BCUT2D eigenvalue weighted by atomic mass is 15.0. The van der Waals surface area contributed by atoms with Crippen molar-refractivity contribution in [2.45, 2.75) is 117 Å². The van der Waals surface area contributed by atoms with Crippen LogP contribution in [0.1, 0.15) is 105 Å². The first-order valence-corrected chi connectivity index (χ1v) is 10.5. The second-order valence-corrected chi connectivity index (χ2v) is 7.10. The molecule has 0 aliphatic rings. The summed E-state index contributed by atoms with van der Waals surface area (Å²) in [4.78, 5) is 2.87. The molecule has 0 N–H and O–H groups in total. The van der Waals surface area contributed by atoms with Gasteiger partial charge in [-0.3, -0.25) is 0 Å². The molecule has 0 aliphatic heterocycles. The van der Waals surface area contributed by atoms with Crippen LogP contribution in [0.4, 0.5) is 0 Å². The van der Waals surface area contributed by atoms with E-state index in [-0.39, 0.29) is 0 Å². The number of hydrogen-bond acceptors (Lipinski definition) is 1. The zero-order chi connectivity index (χ0) is 16.5. The fourth-order valence-corrected chi connectivity index (χ4v) is 3.38. The highest BCUT2D eigenvalue weighted by Crippen LogP contribution is 2.17. The summed E-state index contributed by atoms with van der Waals surface area (Å²) in [6.45, 7) is 12.9. The quantitative estimate of drug-likeness (QED) is 0.206. The summed E-state index contributed by atoms with van der Waals surface area (Å²) in [5, 5.41) is 0. The van der Waals surface area contributed by atoms with Gasteiger partial charge in [0.25, 0.3) is 0 Å². The topological polar surface area (TPSA) is 3.24 Å². The molecule has 22 heavy (non-hydrogen) atoms. The first-order valence-electron chi connectivity index (χ1n) is 10.5. The lowest BCUT2D eigenvalue weighted by atomic mass is 9.52. The summed E-state index contributed by atoms with van der Waals surface area (Å²) in [6, 6.07) is 0. The van der Waals surface area contributed by atoms with Crippen molar-refractivity contribution < 1.29 is 0 Å². The van der Waals surface area contributed by atoms with Gasteiger partial charge in [-0.1, -0.05) is 105 Å². The third-order valence-corrected chi connectivity index (χ3v) is 4.90. The van der Waals surface area contributed by atoms with Gasteiger partial charge in [-0.2, -0.15) is 0 Å². The number of unbranched alkanes of at least 4 members (excludes halogenated alkanes) is 8. The predicted octanol–water partition coefficient (Wildman–Crippen LogP) is 7.04. The Balaban J connectivity index is 4.42. The Morgan fingerprint density at radius 2 is 0.864 bits per heavy atom. The van der Waals surface area contributed by atoms with Crippen molar-refractivity contribution >= 4 is 6.85 Å². The fraction of sp³-hybridized carbons (Fsp3) is 1.00. The minimum atomic E-state index is 0.867. The Morgan fingerprint density at radius 3 is 1.23 bits per heavy atom. The second kappa shape index (κ2) is 17.4. The number of hydrogen-bond donors (Lipinski definition) is 0. The van der Waals surface area contributed by atoms with Crippen LogP contribution in [-0.2, 0) is 0 Å². The average molecular weight is 309 g/mol. The molecule has 2 heteroatoms. The summed E-state index contributed by atoms with van der Waals surface area (Å²) in [5.74, 6) is 0. The summed E-state index contributed by atoms with van der Waals surface area (Å²) < 4.78 is 0. The maximum Gasteiger partial charge on any atom is 0.223 e. The van der Waals surface area contributed by atoms with Gasteiger partial charge >= 0.3 is 0 Å². The molecule has 0 aromatic carbocycles. The Bertz CT molecular complexity index is 166. The standard InChI is InChI=1S/C20H44BN/c1-5-9-13-17-21(18-14-10-6-2)22(19-15-11-7-3)20-16-12-8-4/h5-20H2,1-4H3. The van der Waals surface area contributed by atoms with Crippen LogP contribution < -0.4 is 0 Å². The van der Waals surface area contributed by atoms with Gasteiger partial charge in [0.1, 0.15) is 0 Å². The van der Waals surface area contributed by atoms with E-state index in [0.717, 1.165) is 6.85 Å². The molecule has 0 atom stereocenters. The molecule has 132 valence electrons. The molecule has 0 aromatic rings. The maximum atomic E-state index is 2.87. The van der Waals surface area contributed by atoms with Gasteiger partial charge in [0.15, 0.2) is 0 Å². The highest BCUT2D eigenvalue weighted by Gasteiger charge is 2.21. The van der Waals surface area contributed by atoms with Crippen LogP contribution in [0.2, 0.25) is 12.6 Å². The minimum Gasteiger partial charge on any atom is -0.342 e. The maximum absolute atomic E-state index is 2.87. The molecule has 0 heterocycles. The van der Waals surface area contributed by atoms with E-state index in [1.165, 1.54) is 103 Å². The summed E-state index contributed by atoms with van der Waals surface area (Å²) >= 11 is 0. The van der Waals surface area contributed by atoms with E-state index in [4.69, 9.17) is 0 Å². The lowest BCUT2D eigenvalue weighted by Gasteiger charge is -2.30. The van der Waals surface area contributed by atoms with E-state index in [9.17, 15) is 0 Å². The monoisotopic (exact) mass is 309 g/mol. The van der Waals surface area contributed by atoms with Crippen molar-refractivity contribution in [1.29, 1.82) is 0 Å². The largest absolute Gasteiger partial charge is 0.342 e. The third-order valence-electron chi connectivity index (χ3n) is 4.90. The smallest absolute Gasteiger partial charge is 0.223 e. The van der Waals surface area contributed by atoms with Gasteiger partial charge in [0, 0.05) is 0 Å². The first kappa shape index (κ1) is 22.0. The third kappa shape index (κ3) is 12.6. The molecular weight excluding hydrogens is 265 g/mol. The van der Waals surface area contributed by atoms with E-state index in [0.29, 0.717) is 0 Å². The second-order valence-electron chi connectivity index (χ2n) is 7.10. The molecule has 1 nitrogen and oxygen atoms in total. The van der Waals surface area contributed by atoms with E-state index in [1.807, 2.05) is 0 Å². The van der Waals surface area contributed by atoms with Gasteiger partial charge in [-0.15, -0.1) is 0 Å². The average Bonchev–Trinajstić information content (AvgIpc) is 2.53. The van der Waals surface area contributed by atoms with Crippen LogP contribution in [0, 0.1) is 0 Å². The Hall–Kier alpha value is 0.0249. The number of rotatable bonds is 17. The molecule has 0 saturated heterocycles. The molecule has 0 aliphatic carbocycles. The van der Waals surface area contributed by atoms with Crippen molar-refractivity contribution in [2.75, 3.05) is 13.1 Å². The van der Waals surface area contributed by atoms with Gasteiger partial charge < -0.3 is 4.81 Å². The summed E-state index contributed by atoms with van der Waals surface area (Å²) in [7, 11) is 0. The van der Waals surface area contributed by atoms with Crippen LogP contribution in [0.3, 0.4) is 0 Å². The van der Waals surface area contributed by atoms with Crippen molar-refractivity contribution in [3.63, 3.8) is 0 Å². The van der Waals surface area contributed by atoms with E-state index < -0.39 is 0 Å². The molecule has 0 fully saturated rings. The summed E-state index contributed by atoms with van der Waals surface area (Å²) in [6.07, 6.45) is 19.6. The zero-order valence-electron chi connectivity index (χ0n) is 16.3. The lowest BCUT2D eigenvalue weighted by Crippen LogP contribution is -2.40. The molecule has 0 bridgehead atoms. The predicted molar refractivity (Wildman–Crippen MR) is 105 cm³/mol. The van der Waals surface area contributed by atoms with Crippen LogP contribution >= 0.6 is 0 Å². The van der Waals surface area contributed by atoms with Crippen LogP contribution in [0.25, 0.3) is 0 Å². The van der Waals surface area contributed by atoms with Gasteiger partial charge in [0.2, 0.25) is 6.85 Å². The van der Waals surface area contributed by atoms with E-state index in [2.05, 4.69) is 32.5 Å². The van der Waals surface area contributed by atoms with Crippen molar-refractivity contribution in [2.24, 2.45) is 0 Å². The van der Waals surface area contributed by atoms with E-state index >= 15 is 0 Å².